The number of hydrogen-bond acceptors (Lipinski definition) is 6. The van der Waals surface area contributed by atoms with Crippen LogP contribution in [0.2, 0.25) is 10.0 Å². The van der Waals surface area contributed by atoms with Gasteiger partial charge >= 0.3 is 0 Å². The third-order valence-electron chi connectivity index (χ3n) is 4.75. The molecule has 2 N–H and O–H groups in total. The van der Waals surface area contributed by atoms with Gasteiger partial charge < -0.3 is 15.2 Å². The molecule has 1 aromatic rings. The molecule has 0 amide bonds. The third kappa shape index (κ3) is 1.52. The summed E-state index contributed by atoms with van der Waals surface area (Å²) in [4.78, 5) is 4.13. The van der Waals surface area contributed by atoms with Crippen molar-refractivity contribution in [1.82, 2.24) is 0 Å². The highest BCUT2D eigenvalue weighted by atomic mass is 35.5. The average Bonchev–Trinajstić information content (AvgIpc) is 3.10. The lowest BCUT2D eigenvalue weighted by Crippen LogP contribution is -2.41. The lowest BCUT2D eigenvalue weighted by molar-refractivity contribution is -0.230. The number of halogens is 2. The fourth-order valence-electron chi connectivity index (χ4n) is 3.72. The molecule has 23 heavy (non-hydrogen) atoms. The Bertz CT molecular complexity index is 809. The van der Waals surface area contributed by atoms with E-state index >= 15 is 0 Å². The second-order valence-corrected chi connectivity index (χ2v) is 6.27. The second-order valence-electron chi connectivity index (χ2n) is 5.43. The zero-order valence-corrected chi connectivity index (χ0v) is 13.8. The number of ether oxygens (including phenoxy) is 2. The van der Waals surface area contributed by atoms with Crippen LogP contribution in [-0.4, -0.2) is 26.0 Å². The van der Waals surface area contributed by atoms with Crippen LogP contribution < -0.4 is 5.73 Å². The topological polar surface area (TPSA) is 104 Å². The predicted octanol–water partition coefficient (Wildman–Crippen LogP) is 2.43. The number of benzene rings is 1. The molecule has 3 rings (SSSR count). The molecular weight excluding hydrogens is 339 g/mol. The van der Waals surface area contributed by atoms with Gasteiger partial charge in [0.1, 0.15) is 11.3 Å². The Morgan fingerprint density at radius 2 is 1.87 bits per heavy atom. The maximum absolute atomic E-state index is 9.90. The fourth-order valence-corrected chi connectivity index (χ4v) is 4.24. The maximum Gasteiger partial charge on any atom is 0.292 e. The summed E-state index contributed by atoms with van der Waals surface area (Å²) >= 11 is 12.2. The summed E-state index contributed by atoms with van der Waals surface area (Å²) in [5, 5.41) is 20.5. The Morgan fingerprint density at radius 3 is 2.35 bits per heavy atom. The van der Waals surface area contributed by atoms with Crippen LogP contribution >= 0.6 is 23.2 Å². The van der Waals surface area contributed by atoms with Gasteiger partial charge in [0.05, 0.1) is 12.1 Å². The molecule has 1 fully saturated rings. The van der Waals surface area contributed by atoms with Crippen LogP contribution in [0.1, 0.15) is 11.5 Å². The molecule has 3 atom stereocenters. The molecule has 1 aliphatic carbocycles. The summed E-state index contributed by atoms with van der Waals surface area (Å²) in [7, 11) is 2.71. The standard InChI is InChI=1S/C15H12Cl2N4O2/c1-22-15(23-2)14(7-19)11(13(14,6-18)12(20)21-15)9-4-3-8(16)5-10(9)17/h3-5,11H,1-2H3,(H2,20,21)/t11-,13-,14-/m0/s1. The van der Waals surface area contributed by atoms with Crippen LogP contribution in [0.5, 0.6) is 0 Å². The summed E-state index contributed by atoms with van der Waals surface area (Å²) in [6.07, 6.45) is 0. The number of nitriles is 2. The van der Waals surface area contributed by atoms with E-state index in [2.05, 4.69) is 17.1 Å². The van der Waals surface area contributed by atoms with E-state index in [1.807, 2.05) is 0 Å². The van der Waals surface area contributed by atoms with Crippen LogP contribution in [0.3, 0.4) is 0 Å². The van der Waals surface area contributed by atoms with Crippen molar-refractivity contribution in [2.75, 3.05) is 14.2 Å². The van der Waals surface area contributed by atoms with Gasteiger partial charge in [-0.3, -0.25) is 0 Å². The minimum absolute atomic E-state index is 0.00117. The van der Waals surface area contributed by atoms with Crippen molar-refractivity contribution in [3.8, 4) is 12.1 Å². The third-order valence-corrected chi connectivity index (χ3v) is 5.32. The Hall–Kier alpha value is -1.83. The van der Waals surface area contributed by atoms with E-state index in [1.165, 1.54) is 14.2 Å². The lowest BCUT2D eigenvalue weighted by atomic mass is 9.93. The van der Waals surface area contributed by atoms with Gasteiger partial charge in [0, 0.05) is 30.2 Å². The first-order valence-electron chi connectivity index (χ1n) is 6.64. The lowest BCUT2D eigenvalue weighted by Gasteiger charge is -2.29. The molecule has 118 valence electrons. The van der Waals surface area contributed by atoms with Crippen molar-refractivity contribution in [3.05, 3.63) is 33.8 Å². The molecule has 0 saturated heterocycles. The molecule has 0 radical (unpaired) electrons. The minimum atomic E-state index is -1.66. The van der Waals surface area contributed by atoms with Gasteiger partial charge in [-0.1, -0.05) is 29.3 Å². The number of aliphatic imine (C=N–C) groups is 1. The van der Waals surface area contributed by atoms with E-state index in [0.29, 0.717) is 15.6 Å². The van der Waals surface area contributed by atoms with Crippen LogP contribution in [0.4, 0.5) is 0 Å². The summed E-state index contributed by atoms with van der Waals surface area (Å²) in [5.41, 5.74) is 3.81. The van der Waals surface area contributed by atoms with Crippen LogP contribution in [0, 0.1) is 33.5 Å². The van der Waals surface area contributed by atoms with Gasteiger partial charge in [0.2, 0.25) is 0 Å². The van der Waals surface area contributed by atoms with E-state index < -0.39 is 22.7 Å². The van der Waals surface area contributed by atoms with E-state index in [1.54, 1.807) is 18.2 Å². The first kappa shape index (κ1) is 16.0. The molecule has 8 heteroatoms. The number of nitrogens with zero attached hydrogens (tertiary/aromatic N) is 3. The van der Waals surface area contributed by atoms with Crippen LogP contribution in [0.15, 0.2) is 23.2 Å². The molecule has 2 aliphatic rings. The van der Waals surface area contributed by atoms with Crippen molar-refractivity contribution in [2.24, 2.45) is 21.6 Å². The van der Waals surface area contributed by atoms with Gasteiger partial charge in [0.15, 0.2) is 5.41 Å². The molecule has 0 spiro atoms. The van der Waals surface area contributed by atoms with Crippen molar-refractivity contribution in [2.45, 2.75) is 11.8 Å². The number of amidine groups is 1. The average molecular weight is 351 g/mol. The SMILES string of the molecule is COC1(OC)N=C(N)[C@]2(C#N)[C@H](c3ccc(Cl)cc3Cl)[C@]12C#N. The van der Waals surface area contributed by atoms with Crippen molar-refractivity contribution in [3.63, 3.8) is 0 Å². The Morgan fingerprint density at radius 1 is 1.22 bits per heavy atom. The van der Waals surface area contributed by atoms with E-state index in [0.717, 1.165) is 0 Å². The van der Waals surface area contributed by atoms with Gasteiger partial charge in [0.25, 0.3) is 5.91 Å². The zero-order chi connectivity index (χ0) is 17.0. The second kappa shape index (κ2) is 4.83. The zero-order valence-electron chi connectivity index (χ0n) is 12.3. The summed E-state index contributed by atoms with van der Waals surface area (Å²) in [5.74, 6) is -2.29. The molecule has 1 aromatic carbocycles. The van der Waals surface area contributed by atoms with E-state index in [4.69, 9.17) is 38.4 Å². The highest BCUT2D eigenvalue weighted by Gasteiger charge is 2.93. The van der Waals surface area contributed by atoms with Gasteiger partial charge in [-0.2, -0.15) is 10.5 Å². The molecule has 0 bridgehead atoms. The number of nitrogens with two attached hydrogens (primary N) is 1. The highest BCUT2D eigenvalue weighted by Crippen LogP contribution is 2.82. The quantitative estimate of drug-likeness (QED) is 0.842. The molecule has 0 unspecified atom stereocenters. The summed E-state index contributed by atoms with van der Waals surface area (Å²) < 4.78 is 10.8. The highest BCUT2D eigenvalue weighted by molar-refractivity contribution is 6.35. The molecule has 1 aliphatic heterocycles. The Balaban J connectivity index is 2.28. The minimum Gasteiger partial charge on any atom is -0.386 e. The number of rotatable bonds is 3. The molecule has 6 nitrogen and oxygen atoms in total. The van der Waals surface area contributed by atoms with Gasteiger partial charge in [-0.25, -0.2) is 4.99 Å². The monoisotopic (exact) mass is 350 g/mol. The Labute approximate surface area is 143 Å². The Kier molecular flexibility index (Phi) is 3.37. The summed E-state index contributed by atoms with van der Waals surface area (Å²) in [6.45, 7) is 0. The molecule has 1 saturated carbocycles. The van der Waals surface area contributed by atoms with E-state index in [9.17, 15) is 10.5 Å². The van der Waals surface area contributed by atoms with Gasteiger partial charge in [-0.05, 0) is 17.7 Å². The van der Waals surface area contributed by atoms with Crippen LogP contribution in [-0.2, 0) is 9.47 Å². The molecule has 1 heterocycles. The molecular formula is C15H12Cl2N4O2. The maximum atomic E-state index is 9.90. The van der Waals surface area contributed by atoms with Crippen molar-refractivity contribution >= 4 is 29.0 Å². The number of methoxy groups -OCH3 is 2. The fraction of sp³-hybridized carbons (Fsp3) is 0.400. The molecule has 0 aromatic heterocycles. The van der Waals surface area contributed by atoms with E-state index in [-0.39, 0.29) is 5.84 Å². The largest absolute Gasteiger partial charge is 0.386 e. The number of hydrogen-bond donors (Lipinski definition) is 1. The first-order valence-corrected chi connectivity index (χ1v) is 7.40. The predicted molar refractivity (Wildman–Crippen MR) is 83.7 cm³/mol. The van der Waals surface area contributed by atoms with Crippen molar-refractivity contribution < 1.29 is 9.47 Å². The van der Waals surface area contributed by atoms with Gasteiger partial charge in [-0.15, -0.1) is 0 Å². The first-order chi connectivity index (χ1) is 10.9. The normalized spacial score (nSPS) is 33.3. The van der Waals surface area contributed by atoms with Crippen molar-refractivity contribution in [1.29, 1.82) is 10.5 Å². The summed E-state index contributed by atoms with van der Waals surface area (Å²) in [6, 6.07) is 9.17. The number of fused-ring (bicyclic) bond motifs is 1. The smallest absolute Gasteiger partial charge is 0.292 e. The van der Waals surface area contributed by atoms with Crippen LogP contribution in [0.25, 0.3) is 0 Å².